The number of pyridine rings is 2. The predicted octanol–water partition coefficient (Wildman–Crippen LogP) is 4.26. The SMILES string of the molecule is CC(C)(NC1CC1)C1CN(c2ccc(Nc3ccc(-c4cnc5cc(F)ccn45)c4c3C(=O)NC4)nc2)CCO1. The zero-order valence-electron chi connectivity index (χ0n) is 22.6. The summed E-state index contributed by atoms with van der Waals surface area (Å²) >= 11 is 0. The second kappa shape index (κ2) is 9.57. The summed E-state index contributed by atoms with van der Waals surface area (Å²) in [5, 5.41) is 10.0. The molecule has 0 bridgehead atoms. The fourth-order valence-electron chi connectivity index (χ4n) is 5.80. The molecule has 1 saturated heterocycles. The Morgan fingerprint density at radius 3 is 2.80 bits per heavy atom. The molecule has 4 aromatic rings. The van der Waals surface area contributed by atoms with Crippen molar-refractivity contribution in [2.24, 2.45) is 0 Å². The molecule has 10 heteroatoms. The van der Waals surface area contributed by atoms with Crippen molar-refractivity contribution in [1.29, 1.82) is 0 Å². The smallest absolute Gasteiger partial charge is 0.254 e. The van der Waals surface area contributed by atoms with E-state index in [9.17, 15) is 9.18 Å². The van der Waals surface area contributed by atoms with Gasteiger partial charge in [0, 0.05) is 49.0 Å². The van der Waals surface area contributed by atoms with Crippen LogP contribution >= 0.6 is 0 Å². The molecule has 1 aromatic carbocycles. The average Bonchev–Trinajstić information content (AvgIpc) is 3.52. The first kappa shape index (κ1) is 25.0. The van der Waals surface area contributed by atoms with Gasteiger partial charge in [0.25, 0.3) is 5.91 Å². The zero-order valence-corrected chi connectivity index (χ0v) is 22.6. The van der Waals surface area contributed by atoms with E-state index in [0.29, 0.717) is 41.9 Å². The first-order chi connectivity index (χ1) is 19.4. The Bertz CT molecular complexity index is 1600. The minimum Gasteiger partial charge on any atom is -0.373 e. The number of fused-ring (bicyclic) bond motifs is 2. The van der Waals surface area contributed by atoms with E-state index in [0.717, 1.165) is 35.6 Å². The maximum atomic E-state index is 13.7. The number of anilines is 3. The average molecular weight is 542 g/mol. The molecule has 0 spiro atoms. The number of hydrogen-bond donors (Lipinski definition) is 3. The van der Waals surface area contributed by atoms with Gasteiger partial charge in [-0.25, -0.2) is 14.4 Å². The van der Waals surface area contributed by atoms with Crippen molar-refractivity contribution < 1.29 is 13.9 Å². The second-order valence-corrected chi connectivity index (χ2v) is 11.4. The van der Waals surface area contributed by atoms with Gasteiger partial charge in [-0.05, 0) is 56.5 Å². The third-order valence-corrected chi connectivity index (χ3v) is 8.12. The highest BCUT2D eigenvalue weighted by Crippen LogP contribution is 2.36. The molecular formula is C30H32FN7O2. The lowest BCUT2D eigenvalue weighted by Gasteiger charge is -2.42. The van der Waals surface area contributed by atoms with E-state index in [1.54, 1.807) is 12.4 Å². The lowest BCUT2D eigenvalue weighted by Crippen LogP contribution is -2.58. The number of carbonyl (C=O) groups is 1. The minimum absolute atomic E-state index is 0.0891. The molecule has 1 unspecified atom stereocenters. The third-order valence-electron chi connectivity index (χ3n) is 8.12. The topological polar surface area (TPSA) is 95.8 Å². The molecule has 2 aliphatic heterocycles. The van der Waals surface area contributed by atoms with E-state index in [2.05, 4.69) is 50.7 Å². The maximum Gasteiger partial charge on any atom is 0.254 e. The van der Waals surface area contributed by atoms with Gasteiger partial charge in [0.2, 0.25) is 0 Å². The van der Waals surface area contributed by atoms with E-state index >= 15 is 0 Å². The van der Waals surface area contributed by atoms with E-state index in [1.165, 1.54) is 25.0 Å². The largest absolute Gasteiger partial charge is 0.373 e. The Kier molecular flexibility index (Phi) is 5.97. The number of ether oxygens (including phenoxy) is 1. The van der Waals surface area contributed by atoms with Gasteiger partial charge >= 0.3 is 0 Å². The first-order valence-corrected chi connectivity index (χ1v) is 13.8. The van der Waals surface area contributed by atoms with Crippen molar-refractivity contribution in [1.82, 2.24) is 25.0 Å². The molecule has 2 fully saturated rings. The number of benzene rings is 1. The molecule has 206 valence electrons. The fourth-order valence-corrected chi connectivity index (χ4v) is 5.80. The molecule has 3 aliphatic rings. The molecule has 40 heavy (non-hydrogen) atoms. The summed E-state index contributed by atoms with van der Waals surface area (Å²) in [7, 11) is 0. The van der Waals surface area contributed by atoms with Gasteiger partial charge in [-0.2, -0.15) is 0 Å². The fraction of sp³-hybridized carbons (Fsp3) is 0.367. The highest BCUT2D eigenvalue weighted by molar-refractivity contribution is 6.06. The van der Waals surface area contributed by atoms with Crippen LogP contribution in [-0.2, 0) is 11.3 Å². The van der Waals surface area contributed by atoms with Crippen LogP contribution in [0.4, 0.5) is 21.6 Å². The standard InChI is InChI=1S/C30H32FN7O2/c1-30(2,36-19-3-4-19)25-17-37(11-12-40-25)20-5-8-26(32-14-20)35-23-7-6-21(22-15-34-29(39)28(22)23)24-16-33-27-13-18(31)9-10-38(24)27/h5-10,13-14,16,19,25,36H,3-4,11-12,15,17H2,1-2H3,(H,32,35)(H,34,39). The highest BCUT2D eigenvalue weighted by Gasteiger charge is 2.38. The number of rotatable bonds is 7. The number of imidazole rings is 1. The van der Waals surface area contributed by atoms with Crippen LogP contribution in [0.15, 0.2) is 55.0 Å². The summed E-state index contributed by atoms with van der Waals surface area (Å²) in [5.74, 6) is 0.175. The van der Waals surface area contributed by atoms with E-state index in [1.807, 2.05) is 28.8 Å². The van der Waals surface area contributed by atoms with Gasteiger partial charge in [0.15, 0.2) is 0 Å². The van der Waals surface area contributed by atoms with Crippen molar-refractivity contribution in [2.45, 2.75) is 50.9 Å². The minimum atomic E-state index is -0.340. The molecule has 1 atom stereocenters. The highest BCUT2D eigenvalue weighted by atomic mass is 19.1. The lowest BCUT2D eigenvalue weighted by molar-refractivity contribution is -0.0134. The van der Waals surface area contributed by atoms with Crippen LogP contribution in [0.2, 0.25) is 0 Å². The summed E-state index contributed by atoms with van der Waals surface area (Å²) in [4.78, 5) is 24.2. The summed E-state index contributed by atoms with van der Waals surface area (Å²) in [5.41, 5.74) is 5.29. The number of nitrogens with one attached hydrogen (secondary N) is 3. The summed E-state index contributed by atoms with van der Waals surface area (Å²) in [6.07, 6.45) is 7.81. The van der Waals surface area contributed by atoms with Crippen molar-refractivity contribution in [3.05, 3.63) is 71.9 Å². The Morgan fingerprint density at radius 1 is 1.12 bits per heavy atom. The number of nitrogens with zero attached hydrogens (tertiary/aromatic N) is 4. The molecule has 7 rings (SSSR count). The quantitative estimate of drug-likeness (QED) is 0.322. The number of hydrogen-bond acceptors (Lipinski definition) is 7. The van der Waals surface area contributed by atoms with Crippen LogP contribution < -0.4 is 20.9 Å². The number of carbonyl (C=O) groups excluding carboxylic acids is 1. The summed E-state index contributed by atoms with van der Waals surface area (Å²) < 4.78 is 21.7. The van der Waals surface area contributed by atoms with Crippen molar-refractivity contribution in [2.75, 3.05) is 29.9 Å². The van der Waals surface area contributed by atoms with Gasteiger partial charge in [-0.15, -0.1) is 0 Å². The summed E-state index contributed by atoms with van der Waals surface area (Å²) in [6, 6.07) is 11.3. The molecule has 1 amide bonds. The van der Waals surface area contributed by atoms with Gasteiger partial charge < -0.3 is 25.6 Å². The molecule has 1 saturated carbocycles. The number of aromatic nitrogens is 3. The molecular weight excluding hydrogens is 509 g/mol. The number of morpholine rings is 1. The van der Waals surface area contributed by atoms with Crippen molar-refractivity contribution >= 4 is 28.7 Å². The zero-order chi connectivity index (χ0) is 27.4. The molecule has 1 aliphatic carbocycles. The van der Waals surface area contributed by atoms with Gasteiger partial charge in [0.05, 0.1) is 47.7 Å². The van der Waals surface area contributed by atoms with Crippen LogP contribution in [0.5, 0.6) is 0 Å². The van der Waals surface area contributed by atoms with Crippen molar-refractivity contribution in [3.63, 3.8) is 0 Å². The Morgan fingerprint density at radius 2 is 2.00 bits per heavy atom. The number of halogens is 1. The Hall–Kier alpha value is -4.02. The van der Waals surface area contributed by atoms with Gasteiger partial charge in [-0.1, -0.05) is 6.07 Å². The molecule has 0 radical (unpaired) electrons. The predicted molar refractivity (Wildman–Crippen MR) is 151 cm³/mol. The monoisotopic (exact) mass is 541 g/mol. The molecule has 5 heterocycles. The maximum absolute atomic E-state index is 13.7. The van der Waals surface area contributed by atoms with Crippen LogP contribution in [0.3, 0.4) is 0 Å². The van der Waals surface area contributed by atoms with E-state index in [4.69, 9.17) is 4.74 Å². The Balaban J connectivity index is 1.11. The van der Waals surface area contributed by atoms with Gasteiger partial charge in [0.1, 0.15) is 17.3 Å². The van der Waals surface area contributed by atoms with E-state index in [-0.39, 0.29) is 23.4 Å². The van der Waals surface area contributed by atoms with Gasteiger partial charge in [-0.3, -0.25) is 9.20 Å². The summed E-state index contributed by atoms with van der Waals surface area (Å²) in [6.45, 7) is 7.14. The third kappa shape index (κ3) is 4.56. The molecule has 9 nitrogen and oxygen atoms in total. The van der Waals surface area contributed by atoms with E-state index < -0.39 is 0 Å². The normalized spacial score (nSPS) is 19.1. The van der Waals surface area contributed by atoms with Crippen LogP contribution in [-0.4, -0.2) is 57.7 Å². The lowest BCUT2D eigenvalue weighted by atomic mass is 9.95. The number of amides is 1. The van der Waals surface area contributed by atoms with Crippen LogP contribution in [0.25, 0.3) is 16.9 Å². The van der Waals surface area contributed by atoms with Crippen molar-refractivity contribution in [3.8, 4) is 11.3 Å². The molecule has 3 aromatic heterocycles. The Labute approximate surface area is 231 Å². The first-order valence-electron chi connectivity index (χ1n) is 13.8. The molecule has 3 N–H and O–H groups in total. The van der Waals surface area contributed by atoms with Crippen LogP contribution in [0, 0.1) is 5.82 Å². The second-order valence-electron chi connectivity index (χ2n) is 11.4. The van der Waals surface area contributed by atoms with Crippen LogP contribution in [0.1, 0.15) is 42.6 Å².